The van der Waals surface area contributed by atoms with Gasteiger partial charge in [-0.3, -0.25) is 4.79 Å². The summed E-state index contributed by atoms with van der Waals surface area (Å²) in [5, 5.41) is 3.44. The number of hydrogen-bond donors (Lipinski definition) is 1. The molecule has 0 saturated heterocycles. The van der Waals surface area contributed by atoms with Crippen LogP contribution < -0.4 is 14.8 Å². The molecule has 0 aliphatic rings. The van der Waals surface area contributed by atoms with Gasteiger partial charge in [0.05, 0.1) is 23.1 Å². The Kier molecular flexibility index (Phi) is 5.88. The Labute approximate surface area is 159 Å². The van der Waals surface area contributed by atoms with Gasteiger partial charge in [-0.25, -0.2) is 9.97 Å². The summed E-state index contributed by atoms with van der Waals surface area (Å²) in [6.07, 6.45) is 2.89. The van der Waals surface area contributed by atoms with Gasteiger partial charge in [-0.05, 0) is 30.3 Å². The van der Waals surface area contributed by atoms with Gasteiger partial charge in [0, 0.05) is 5.02 Å². The average Bonchev–Trinajstić information content (AvgIpc) is 2.63. The van der Waals surface area contributed by atoms with Crippen molar-refractivity contribution in [1.82, 2.24) is 9.97 Å². The highest BCUT2D eigenvalue weighted by molar-refractivity contribution is 6.35. The van der Waals surface area contributed by atoms with Crippen LogP contribution in [0.15, 0.2) is 60.9 Å². The van der Waals surface area contributed by atoms with E-state index in [-0.39, 0.29) is 18.5 Å². The molecule has 0 radical (unpaired) electrons. The van der Waals surface area contributed by atoms with Crippen molar-refractivity contribution >= 4 is 34.8 Å². The molecule has 1 aromatic heterocycles. The first-order valence-electron chi connectivity index (χ1n) is 7.53. The van der Waals surface area contributed by atoms with Gasteiger partial charge in [0.15, 0.2) is 6.61 Å². The van der Waals surface area contributed by atoms with Gasteiger partial charge in [0.25, 0.3) is 5.91 Å². The Morgan fingerprint density at radius 3 is 2.46 bits per heavy atom. The van der Waals surface area contributed by atoms with E-state index in [1.54, 1.807) is 24.3 Å². The van der Waals surface area contributed by atoms with Gasteiger partial charge >= 0.3 is 6.01 Å². The molecule has 0 unspecified atom stereocenters. The zero-order valence-corrected chi connectivity index (χ0v) is 14.9. The first-order valence-corrected chi connectivity index (χ1v) is 8.28. The number of rotatable bonds is 6. The SMILES string of the molecule is O=C(COc1ccc(Cl)cc1Cl)Nc1cnc(Oc2ccccc2)nc1. The molecule has 3 rings (SSSR count). The molecular weight excluding hydrogens is 377 g/mol. The van der Waals surface area contributed by atoms with Crippen molar-refractivity contribution in [3.8, 4) is 17.5 Å². The predicted molar refractivity (Wildman–Crippen MR) is 99.1 cm³/mol. The minimum absolute atomic E-state index is 0.179. The lowest BCUT2D eigenvalue weighted by molar-refractivity contribution is -0.118. The average molecular weight is 390 g/mol. The van der Waals surface area contributed by atoms with Gasteiger partial charge in [0.1, 0.15) is 11.5 Å². The number of nitrogens with zero attached hydrogens (tertiary/aromatic N) is 2. The summed E-state index contributed by atoms with van der Waals surface area (Å²) in [5.41, 5.74) is 0.418. The van der Waals surface area contributed by atoms with Crippen LogP contribution in [0, 0.1) is 0 Å². The summed E-state index contributed by atoms with van der Waals surface area (Å²) in [7, 11) is 0. The van der Waals surface area contributed by atoms with E-state index in [9.17, 15) is 4.79 Å². The Balaban J connectivity index is 1.52. The summed E-state index contributed by atoms with van der Waals surface area (Å²) < 4.78 is 10.8. The predicted octanol–water partition coefficient (Wildman–Crippen LogP) is 4.59. The molecule has 26 heavy (non-hydrogen) atoms. The Bertz CT molecular complexity index is 890. The molecule has 0 fully saturated rings. The molecule has 132 valence electrons. The number of hydrogen-bond acceptors (Lipinski definition) is 5. The van der Waals surface area contributed by atoms with Crippen LogP contribution in [-0.4, -0.2) is 22.5 Å². The third-order valence-electron chi connectivity index (χ3n) is 3.12. The van der Waals surface area contributed by atoms with E-state index in [1.165, 1.54) is 18.5 Å². The van der Waals surface area contributed by atoms with Crippen molar-refractivity contribution in [3.63, 3.8) is 0 Å². The molecular formula is C18H13Cl2N3O3. The maximum atomic E-state index is 11.9. The molecule has 0 bridgehead atoms. The quantitative estimate of drug-likeness (QED) is 0.666. The molecule has 0 saturated carbocycles. The summed E-state index contributed by atoms with van der Waals surface area (Å²) in [4.78, 5) is 20.0. The number of anilines is 1. The maximum absolute atomic E-state index is 11.9. The number of aromatic nitrogens is 2. The number of carbonyl (C=O) groups excluding carboxylic acids is 1. The van der Waals surface area contributed by atoms with E-state index in [4.69, 9.17) is 32.7 Å². The molecule has 1 N–H and O–H groups in total. The van der Waals surface area contributed by atoms with Crippen LogP contribution in [0.3, 0.4) is 0 Å². The highest BCUT2D eigenvalue weighted by atomic mass is 35.5. The Morgan fingerprint density at radius 1 is 1.04 bits per heavy atom. The number of carbonyl (C=O) groups is 1. The highest BCUT2D eigenvalue weighted by Crippen LogP contribution is 2.27. The number of ether oxygens (including phenoxy) is 2. The molecule has 0 aliphatic carbocycles. The van der Waals surface area contributed by atoms with E-state index in [0.29, 0.717) is 27.2 Å². The third-order valence-corrected chi connectivity index (χ3v) is 3.65. The molecule has 3 aromatic rings. The van der Waals surface area contributed by atoms with Crippen molar-refractivity contribution < 1.29 is 14.3 Å². The van der Waals surface area contributed by atoms with Gasteiger partial charge in [-0.2, -0.15) is 0 Å². The standard InChI is InChI=1S/C18H13Cl2N3O3/c19-12-6-7-16(15(20)8-12)25-11-17(24)23-13-9-21-18(22-10-13)26-14-4-2-1-3-5-14/h1-10H,11H2,(H,23,24). The van der Waals surface area contributed by atoms with Crippen LogP contribution in [0.5, 0.6) is 17.5 Å². The fourth-order valence-electron chi connectivity index (χ4n) is 1.96. The van der Waals surface area contributed by atoms with Crippen LogP contribution in [0.25, 0.3) is 0 Å². The van der Waals surface area contributed by atoms with Crippen molar-refractivity contribution in [2.45, 2.75) is 0 Å². The second-order valence-corrected chi connectivity index (χ2v) is 5.92. The zero-order chi connectivity index (χ0) is 18.4. The van der Waals surface area contributed by atoms with Crippen molar-refractivity contribution in [2.24, 2.45) is 0 Å². The first kappa shape index (κ1) is 18.0. The van der Waals surface area contributed by atoms with Gasteiger partial charge < -0.3 is 14.8 Å². The van der Waals surface area contributed by atoms with E-state index >= 15 is 0 Å². The highest BCUT2D eigenvalue weighted by Gasteiger charge is 2.08. The van der Waals surface area contributed by atoms with Gasteiger partial charge in [-0.1, -0.05) is 41.4 Å². The largest absolute Gasteiger partial charge is 0.482 e. The molecule has 0 atom stereocenters. The third kappa shape index (κ3) is 5.08. The molecule has 1 heterocycles. The van der Waals surface area contributed by atoms with Crippen LogP contribution in [0.1, 0.15) is 0 Å². The minimum Gasteiger partial charge on any atom is -0.482 e. The minimum atomic E-state index is -0.378. The fourth-order valence-corrected chi connectivity index (χ4v) is 2.42. The van der Waals surface area contributed by atoms with E-state index in [0.717, 1.165) is 0 Å². The monoisotopic (exact) mass is 389 g/mol. The molecule has 1 amide bonds. The molecule has 2 aromatic carbocycles. The Hall–Kier alpha value is -2.83. The van der Waals surface area contributed by atoms with Crippen LogP contribution in [0.2, 0.25) is 10.0 Å². The van der Waals surface area contributed by atoms with Crippen molar-refractivity contribution in [2.75, 3.05) is 11.9 Å². The fraction of sp³-hybridized carbons (Fsp3) is 0.0556. The first-order chi connectivity index (χ1) is 12.6. The number of para-hydroxylation sites is 1. The number of halogens is 2. The smallest absolute Gasteiger partial charge is 0.322 e. The normalized spacial score (nSPS) is 10.2. The maximum Gasteiger partial charge on any atom is 0.322 e. The number of nitrogens with one attached hydrogen (secondary N) is 1. The van der Waals surface area contributed by atoms with Crippen LogP contribution >= 0.6 is 23.2 Å². The second kappa shape index (κ2) is 8.51. The molecule has 6 nitrogen and oxygen atoms in total. The van der Waals surface area contributed by atoms with E-state index < -0.39 is 0 Å². The van der Waals surface area contributed by atoms with Crippen LogP contribution in [0.4, 0.5) is 5.69 Å². The lowest BCUT2D eigenvalue weighted by atomic mass is 10.3. The van der Waals surface area contributed by atoms with E-state index in [2.05, 4.69) is 15.3 Å². The van der Waals surface area contributed by atoms with Crippen molar-refractivity contribution in [3.05, 3.63) is 71.0 Å². The van der Waals surface area contributed by atoms with Gasteiger partial charge in [0.2, 0.25) is 0 Å². The molecule has 0 spiro atoms. The lowest BCUT2D eigenvalue weighted by Crippen LogP contribution is -2.20. The summed E-state index contributed by atoms with van der Waals surface area (Å²) >= 11 is 11.8. The second-order valence-electron chi connectivity index (χ2n) is 5.08. The lowest BCUT2D eigenvalue weighted by Gasteiger charge is -2.09. The number of benzene rings is 2. The van der Waals surface area contributed by atoms with Crippen molar-refractivity contribution in [1.29, 1.82) is 0 Å². The summed E-state index contributed by atoms with van der Waals surface area (Å²) in [5.74, 6) is 0.614. The van der Waals surface area contributed by atoms with Crippen LogP contribution in [-0.2, 0) is 4.79 Å². The number of amides is 1. The topological polar surface area (TPSA) is 73.3 Å². The summed E-state index contributed by atoms with van der Waals surface area (Å²) in [6, 6.07) is 14.1. The van der Waals surface area contributed by atoms with Gasteiger partial charge in [-0.15, -0.1) is 0 Å². The molecule has 0 aliphatic heterocycles. The zero-order valence-electron chi connectivity index (χ0n) is 13.4. The van der Waals surface area contributed by atoms with E-state index in [1.807, 2.05) is 18.2 Å². The molecule has 8 heteroatoms. The Morgan fingerprint density at radius 2 is 1.77 bits per heavy atom. The summed E-state index contributed by atoms with van der Waals surface area (Å²) in [6.45, 7) is -0.219.